The first-order valence-electron chi connectivity index (χ1n) is 1.71. The van der Waals surface area contributed by atoms with Gasteiger partial charge in [0.05, 0.1) is 0 Å². The van der Waals surface area contributed by atoms with Crippen LogP contribution in [0.25, 0.3) is 0 Å². The van der Waals surface area contributed by atoms with Gasteiger partial charge in [0, 0.05) is 19.8 Å². The molecule has 0 bridgehead atoms. The smallest absolute Gasteiger partial charge is 0.0339 e. The highest BCUT2D eigenvalue weighted by molar-refractivity contribution is 6.35. The monoisotopic (exact) mass is 99.0 g/mol. The maximum atomic E-state index is 3.36. The average Bonchev–Trinajstić information content (AvgIpc) is 1.41. The first kappa shape index (κ1) is 5.43. The third-order valence-corrected chi connectivity index (χ3v) is 1.87. The zero-order valence-corrected chi connectivity index (χ0v) is 5.41. The summed E-state index contributed by atoms with van der Waals surface area (Å²) < 4.78 is 0. The molecule has 0 aliphatic carbocycles. The van der Waals surface area contributed by atoms with E-state index in [4.69, 9.17) is 0 Å². The summed E-state index contributed by atoms with van der Waals surface area (Å²) in [6.07, 6.45) is 0. The largest absolute Gasteiger partial charge is 0.0733 e. The molecule has 0 rings (SSSR count). The molecule has 27 valence electrons. The summed E-state index contributed by atoms with van der Waals surface area (Å²) in [5.74, 6) is 0. The first-order valence-corrected chi connectivity index (χ1v) is 4.12. The van der Waals surface area contributed by atoms with E-state index in [1.165, 1.54) is 6.04 Å². The van der Waals surface area contributed by atoms with E-state index < -0.39 is 0 Å². The Morgan fingerprint density at radius 1 is 1.80 bits per heavy atom. The molecule has 0 aromatic carbocycles. The van der Waals surface area contributed by atoms with E-state index in [-0.39, 0.29) is 0 Å². The Morgan fingerprint density at radius 3 is 2.40 bits per heavy atom. The van der Waals surface area contributed by atoms with Crippen molar-refractivity contribution in [2.75, 3.05) is 0 Å². The summed E-state index contributed by atoms with van der Waals surface area (Å²) >= 11 is 0. The second kappa shape index (κ2) is 4.43. The van der Waals surface area contributed by atoms with Gasteiger partial charge in [-0.25, -0.2) is 0 Å². The van der Waals surface area contributed by atoms with Crippen LogP contribution in [0.15, 0.2) is 0 Å². The van der Waals surface area contributed by atoms with Gasteiger partial charge in [0.2, 0.25) is 0 Å². The fraction of sp³-hybridized carbons (Fsp3) is 1.00. The predicted octanol–water partition coefficient (Wildman–Crippen LogP) is 0.744. The molecule has 5 heavy (non-hydrogen) atoms. The minimum Gasteiger partial charge on any atom is -0.0733 e. The Labute approximate surface area is 39.2 Å². The Bertz CT molecular complexity index is 12.4. The van der Waals surface area contributed by atoms with E-state index in [0.717, 1.165) is 15.6 Å². The lowest BCUT2D eigenvalue weighted by Gasteiger charge is -1.77. The van der Waals surface area contributed by atoms with Gasteiger partial charge in [-0.3, -0.25) is 0 Å². The van der Waals surface area contributed by atoms with Crippen molar-refractivity contribution in [3.05, 3.63) is 0 Å². The quantitative estimate of drug-likeness (QED) is 0.448. The molecule has 0 unspecified atom stereocenters. The lowest BCUT2D eigenvalue weighted by atomic mass is 11.0. The van der Waals surface area contributed by atoms with Gasteiger partial charge >= 0.3 is 0 Å². The molecular formula is C3H7Si2. The molecular weight excluding hydrogens is 92.2 g/mol. The van der Waals surface area contributed by atoms with Gasteiger partial charge in [-0.05, 0) is 0 Å². The van der Waals surface area contributed by atoms with E-state index in [1.54, 1.807) is 0 Å². The Balaban J connectivity index is 2.19. The SMILES string of the molecule is C[Si]CC[Si]. The molecule has 0 heterocycles. The van der Waals surface area contributed by atoms with Crippen LogP contribution in [0, 0.1) is 0 Å². The van der Waals surface area contributed by atoms with Crippen LogP contribution in [0.5, 0.6) is 0 Å². The van der Waals surface area contributed by atoms with Crippen molar-refractivity contribution in [1.82, 2.24) is 0 Å². The summed E-state index contributed by atoms with van der Waals surface area (Å²) in [4.78, 5) is 0. The zero-order chi connectivity index (χ0) is 4.12. The molecule has 0 aromatic rings. The lowest BCUT2D eigenvalue weighted by Crippen LogP contribution is -1.75. The highest BCUT2D eigenvalue weighted by Crippen LogP contribution is 1.78. The minimum atomic E-state index is 1.11. The molecule has 0 nitrogen and oxygen atoms in total. The number of rotatable bonds is 2. The van der Waals surface area contributed by atoms with E-state index >= 15 is 0 Å². The zero-order valence-electron chi connectivity index (χ0n) is 3.41. The summed E-state index contributed by atoms with van der Waals surface area (Å²) in [5, 5.41) is 0. The van der Waals surface area contributed by atoms with E-state index in [2.05, 4.69) is 16.8 Å². The van der Waals surface area contributed by atoms with Crippen molar-refractivity contribution in [3.8, 4) is 0 Å². The van der Waals surface area contributed by atoms with Gasteiger partial charge in [0.25, 0.3) is 0 Å². The Hall–Kier alpha value is 0.434. The first-order chi connectivity index (χ1) is 2.41. The third-order valence-electron chi connectivity index (χ3n) is 0.375. The normalized spacial score (nSPS) is 8.40. The van der Waals surface area contributed by atoms with Crippen LogP contribution in [0.1, 0.15) is 0 Å². The van der Waals surface area contributed by atoms with E-state index in [0.29, 0.717) is 0 Å². The Morgan fingerprint density at radius 2 is 2.40 bits per heavy atom. The van der Waals surface area contributed by atoms with Gasteiger partial charge in [0.15, 0.2) is 0 Å². The van der Waals surface area contributed by atoms with Gasteiger partial charge in [-0.1, -0.05) is 18.6 Å². The second-order valence-electron chi connectivity index (χ2n) is 0.854. The summed E-state index contributed by atoms with van der Waals surface area (Å²) in [7, 11) is 4.47. The molecule has 0 N–H and O–H groups in total. The summed E-state index contributed by atoms with van der Waals surface area (Å²) in [5.41, 5.74) is 0. The van der Waals surface area contributed by atoms with Gasteiger partial charge in [0.1, 0.15) is 0 Å². The molecule has 0 aliphatic heterocycles. The van der Waals surface area contributed by atoms with Crippen LogP contribution in [0.4, 0.5) is 0 Å². The van der Waals surface area contributed by atoms with Gasteiger partial charge < -0.3 is 0 Å². The Kier molecular flexibility index (Phi) is 4.82. The maximum absolute atomic E-state index is 3.36. The summed E-state index contributed by atoms with van der Waals surface area (Å²) in [6.45, 7) is 2.21. The van der Waals surface area contributed by atoms with Crippen molar-refractivity contribution in [2.24, 2.45) is 0 Å². The summed E-state index contributed by atoms with van der Waals surface area (Å²) in [6, 6.07) is 2.49. The molecule has 5 radical (unpaired) electrons. The molecule has 0 spiro atoms. The van der Waals surface area contributed by atoms with E-state index in [9.17, 15) is 0 Å². The standard InChI is InChI=1S/C3H7Si2/c1-5-3-2-4/h2-3H2,1H3. The van der Waals surface area contributed by atoms with Crippen LogP contribution < -0.4 is 0 Å². The molecule has 0 aliphatic rings. The molecule has 0 saturated carbocycles. The van der Waals surface area contributed by atoms with Crippen LogP contribution >= 0.6 is 0 Å². The third kappa shape index (κ3) is 4.43. The number of hydrogen-bond donors (Lipinski definition) is 0. The lowest BCUT2D eigenvalue weighted by molar-refractivity contribution is 1.44. The van der Waals surface area contributed by atoms with Gasteiger partial charge in [-0.2, -0.15) is 0 Å². The molecule has 0 aromatic heterocycles. The second-order valence-corrected chi connectivity index (χ2v) is 2.56. The fourth-order valence-corrected chi connectivity index (χ4v) is 1.12. The van der Waals surface area contributed by atoms with Crippen molar-refractivity contribution in [3.63, 3.8) is 0 Å². The van der Waals surface area contributed by atoms with Crippen molar-refractivity contribution in [1.29, 1.82) is 0 Å². The van der Waals surface area contributed by atoms with Crippen LogP contribution in [-0.4, -0.2) is 19.8 Å². The maximum Gasteiger partial charge on any atom is 0.0339 e. The van der Waals surface area contributed by atoms with Crippen molar-refractivity contribution in [2.45, 2.75) is 18.6 Å². The van der Waals surface area contributed by atoms with Gasteiger partial charge in [-0.15, -0.1) is 0 Å². The van der Waals surface area contributed by atoms with Crippen molar-refractivity contribution >= 4 is 19.8 Å². The molecule has 0 amide bonds. The van der Waals surface area contributed by atoms with Crippen molar-refractivity contribution < 1.29 is 0 Å². The molecule has 0 atom stereocenters. The topological polar surface area (TPSA) is 0 Å². The average molecular weight is 99.3 g/mol. The molecule has 0 fully saturated rings. The molecule has 0 saturated heterocycles. The van der Waals surface area contributed by atoms with Crippen LogP contribution in [0.2, 0.25) is 18.6 Å². The van der Waals surface area contributed by atoms with Crippen LogP contribution in [0.3, 0.4) is 0 Å². The van der Waals surface area contributed by atoms with E-state index in [1.807, 2.05) is 0 Å². The highest BCUT2D eigenvalue weighted by atomic mass is 28.2. The highest BCUT2D eigenvalue weighted by Gasteiger charge is 1.70. The predicted molar refractivity (Wildman–Crippen MR) is 27.0 cm³/mol. The fourth-order valence-electron chi connectivity index (χ4n) is 0.125. The van der Waals surface area contributed by atoms with Crippen LogP contribution in [-0.2, 0) is 0 Å². The minimum absolute atomic E-state index is 1.11. The number of hydrogen-bond acceptors (Lipinski definition) is 0. The molecule has 2 heteroatoms.